The van der Waals surface area contributed by atoms with E-state index in [0.717, 1.165) is 5.56 Å². The average molecular weight is 520 g/mol. The van der Waals surface area contributed by atoms with E-state index in [0.29, 0.717) is 37.6 Å². The zero-order valence-electron chi connectivity index (χ0n) is 21.4. The number of thiazole rings is 1. The summed E-state index contributed by atoms with van der Waals surface area (Å²) in [6.07, 6.45) is 1.67. The smallest absolute Gasteiger partial charge is 0.338 e. The molecular formula is C28H29N3O5S. The van der Waals surface area contributed by atoms with Gasteiger partial charge < -0.3 is 14.8 Å². The van der Waals surface area contributed by atoms with Gasteiger partial charge in [0.25, 0.3) is 5.56 Å². The topological polar surface area (TPSA) is 99.0 Å². The van der Waals surface area contributed by atoms with Crippen LogP contribution >= 0.6 is 11.3 Å². The van der Waals surface area contributed by atoms with Gasteiger partial charge in [-0.25, -0.2) is 9.79 Å². The third-order valence-corrected chi connectivity index (χ3v) is 6.61. The number of benzene rings is 2. The average Bonchev–Trinajstić information content (AvgIpc) is 3.13. The van der Waals surface area contributed by atoms with E-state index < -0.39 is 12.0 Å². The summed E-state index contributed by atoms with van der Waals surface area (Å²) in [5, 5.41) is 2.73. The second-order valence-electron chi connectivity index (χ2n) is 8.81. The summed E-state index contributed by atoms with van der Waals surface area (Å²) in [5.41, 5.74) is 2.67. The summed E-state index contributed by atoms with van der Waals surface area (Å²) in [4.78, 5) is 43.3. The van der Waals surface area contributed by atoms with Gasteiger partial charge >= 0.3 is 5.97 Å². The standard InChI is InChI=1S/C28H29N3O5S/c1-6-35-27(34)24-17(4)29-28-31(25(24)21-9-7-8-10-22(21)36-16(2)3)26(33)23(37-28)15-19-11-13-20(14-12-19)30-18(5)32/h7-16,25H,6H2,1-5H3,(H,30,32). The van der Waals surface area contributed by atoms with Crippen LogP contribution in [-0.2, 0) is 14.3 Å². The van der Waals surface area contributed by atoms with E-state index in [1.165, 1.54) is 18.3 Å². The number of ether oxygens (including phenoxy) is 2. The van der Waals surface area contributed by atoms with Crippen LogP contribution in [0.4, 0.5) is 5.69 Å². The van der Waals surface area contributed by atoms with Crippen LogP contribution in [0.15, 0.2) is 69.6 Å². The van der Waals surface area contributed by atoms with Gasteiger partial charge in [0.05, 0.1) is 28.5 Å². The van der Waals surface area contributed by atoms with E-state index in [9.17, 15) is 14.4 Å². The number of esters is 1. The summed E-state index contributed by atoms with van der Waals surface area (Å²) in [6.45, 7) is 8.99. The number of fused-ring (bicyclic) bond motifs is 1. The van der Waals surface area contributed by atoms with Gasteiger partial charge in [-0.3, -0.25) is 14.2 Å². The molecule has 1 amide bonds. The third kappa shape index (κ3) is 5.56. The number of anilines is 1. The maximum atomic E-state index is 13.8. The monoisotopic (exact) mass is 519 g/mol. The number of para-hydroxylation sites is 1. The molecule has 4 rings (SSSR count). The molecule has 9 heteroatoms. The van der Waals surface area contributed by atoms with E-state index in [1.807, 2.05) is 50.2 Å². The van der Waals surface area contributed by atoms with Crippen molar-refractivity contribution in [3.63, 3.8) is 0 Å². The fraction of sp³-hybridized carbons (Fsp3) is 0.286. The lowest BCUT2D eigenvalue weighted by Gasteiger charge is -2.26. The van der Waals surface area contributed by atoms with E-state index in [4.69, 9.17) is 9.47 Å². The van der Waals surface area contributed by atoms with Crippen LogP contribution in [0.1, 0.15) is 51.8 Å². The molecule has 0 aliphatic carbocycles. The number of carbonyl (C=O) groups is 2. The van der Waals surface area contributed by atoms with Gasteiger partial charge in [-0.2, -0.15) is 0 Å². The Kier molecular flexibility index (Phi) is 7.73. The van der Waals surface area contributed by atoms with Gasteiger partial charge in [-0.15, -0.1) is 0 Å². The number of hydrogen-bond acceptors (Lipinski definition) is 7. The molecule has 0 fully saturated rings. The third-order valence-electron chi connectivity index (χ3n) is 5.62. The lowest BCUT2D eigenvalue weighted by molar-refractivity contribution is -0.139. The van der Waals surface area contributed by atoms with Crippen molar-refractivity contribution in [3.8, 4) is 5.75 Å². The Morgan fingerprint density at radius 1 is 1.16 bits per heavy atom. The molecule has 1 aromatic heterocycles. The van der Waals surface area contributed by atoms with E-state index in [2.05, 4.69) is 10.3 Å². The molecule has 1 aliphatic heterocycles. The number of nitrogens with zero attached hydrogens (tertiary/aromatic N) is 2. The summed E-state index contributed by atoms with van der Waals surface area (Å²) >= 11 is 1.25. The molecule has 0 saturated heterocycles. The number of nitrogens with one attached hydrogen (secondary N) is 1. The van der Waals surface area contributed by atoms with Crippen molar-refractivity contribution in [1.82, 2.24) is 4.57 Å². The molecular weight excluding hydrogens is 490 g/mol. The molecule has 0 spiro atoms. The fourth-order valence-electron chi connectivity index (χ4n) is 4.17. The molecule has 37 heavy (non-hydrogen) atoms. The Morgan fingerprint density at radius 3 is 2.51 bits per heavy atom. The summed E-state index contributed by atoms with van der Waals surface area (Å²) in [6, 6.07) is 13.8. The lowest BCUT2D eigenvalue weighted by atomic mass is 9.95. The molecule has 2 heterocycles. The Hall–Kier alpha value is -3.98. The van der Waals surface area contributed by atoms with Crippen LogP contribution in [0.5, 0.6) is 5.75 Å². The number of hydrogen-bond donors (Lipinski definition) is 1. The quantitative estimate of drug-likeness (QED) is 0.482. The van der Waals surface area contributed by atoms with Crippen LogP contribution in [-0.4, -0.2) is 29.2 Å². The predicted octanol–water partition coefficient (Wildman–Crippen LogP) is 3.54. The van der Waals surface area contributed by atoms with E-state index in [1.54, 1.807) is 36.6 Å². The molecule has 1 N–H and O–H groups in total. The zero-order chi connectivity index (χ0) is 26.7. The largest absolute Gasteiger partial charge is 0.491 e. The first-order chi connectivity index (χ1) is 17.7. The minimum atomic E-state index is -0.755. The molecule has 3 aromatic rings. The molecule has 1 atom stereocenters. The van der Waals surface area contributed by atoms with Crippen LogP contribution in [0.3, 0.4) is 0 Å². The summed E-state index contributed by atoms with van der Waals surface area (Å²) in [7, 11) is 0. The maximum absolute atomic E-state index is 13.8. The SMILES string of the molecule is CCOC(=O)C1=C(C)N=c2sc(=Cc3ccc(NC(C)=O)cc3)c(=O)n2C1c1ccccc1OC(C)C. The first-order valence-corrected chi connectivity index (χ1v) is 12.8. The maximum Gasteiger partial charge on any atom is 0.338 e. The summed E-state index contributed by atoms with van der Waals surface area (Å²) < 4.78 is 13.5. The number of aromatic nitrogens is 1. The molecule has 8 nitrogen and oxygen atoms in total. The van der Waals surface area contributed by atoms with Crippen LogP contribution in [0, 0.1) is 0 Å². The molecule has 1 aliphatic rings. The Bertz CT molecular complexity index is 1550. The number of rotatable bonds is 7. The number of carbonyl (C=O) groups excluding carboxylic acids is 2. The Labute approximate surface area is 218 Å². The van der Waals surface area contributed by atoms with Gasteiger partial charge in [0.1, 0.15) is 11.8 Å². The van der Waals surface area contributed by atoms with Crippen molar-refractivity contribution in [1.29, 1.82) is 0 Å². The normalized spacial score (nSPS) is 15.3. The Morgan fingerprint density at radius 2 is 1.86 bits per heavy atom. The highest BCUT2D eigenvalue weighted by atomic mass is 32.1. The first kappa shape index (κ1) is 26.1. The molecule has 0 bridgehead atoms. The van der Waals surface area contributed by atoms with Crippen LogP contribution in [0.25, 0.3) is 6.08 Å². The van der Waals surface area contributed by atoms with Crippen molar-refractivity contribution in [2.45, 2.75) is 46.8 Å². The zero-order valence-corrected chi connectivity index (χ0v) is 22.2. The highest BCUT2D eigenvalue weighted by Gasteiger charge is 2.35. The van der Waals surface area contributed by atoms with Crippen molar-refractivity contribution in [2.75, 3.05) is 11.9 Å². The predicted molar refractivity (Wildman–Crippen MR) is 143 cm³/mol. The van der Waals surface area contributed by atoms with Crippen LogP contribution < -0.4 is 24.9 Å². The molecule has 1 unspecified atom stereocenters. The second kappa shape index (κ2) is 11.0. The van der Waals surface area contributed by atoms with Crippen molar-refractivity contribution >= 4 is 35.0 Å². The van der Waals surface area contributed by atoms with Gasteiger partial charge in [-0.1, -0.05) is 41.7 Å². The van der Waals surface area contributed by atoms with E-state index in [-0.39, 0.29) is 24.2 Å². The molecule has 0 radical (unpaired) electrons. The number of allylic oxidation sites excluding steroid dienone is 1. The van der Waals surface area contributed by atoms with E-state index >= 15 is 0 Å². The highest BCUT2D eigenvalue weighted by Crippen LogP contribution is 2.36. The lowest BCUT2D eigenvalue weighted by Crippen LogP contribution is -2.40. The molecule has 192 valence electrons. The van der Waals surface area contributed by atoms with Gasteiger partial charge in [-0.05, 0) is 57.5 Å². The number of amides is 1. The minimum absolute atomic E-state index is 0.103. The van der Waals surface area contributed by atoms with Gasteiger partial charge in [0.15, 0.2) is 4.80 Å². The molecule has 2 aromatic carbocycles. The fourth-order valence-corrected chi connectivity index (χ4v) is 5.22. The summed E-state index contributed by atoms with van der Waals surface area (Å²) in [5.74, 6) is -0.0892. The highest BCUT2D eigenvalue weighted by molar-refractivity contribution is 7.07. The molecule has 0 saturated carbocycles. The van der Waals surface area contributed by atoms with Crippen LogP contribution in [0.2, 0.25) is 0 Å². The van der Waals surface area contributed by atoms with Crippen molar-refractivity contribution in [2.24, 2.45) is 4.99 Å². The Balaban J connectivity index is 1.90. The van der Waals surface area contributed by atoms with Crippen molar-refractivity contribution in [3.05, 3.63) is 90.6 Å². The van der Waals surface area contributed by atoms with Gasteiger partial charge in [0, 0.05) is 18.2 Å². The minimum Gasteiger partial charge on any atom is -0.491 e. The first-order valence-electron chi connectivity index (χ1n) is 12.0. The second-order valence-corrected chi connectivity index (χ2v) is 9.82. The van der Waals surface area contributed by atoms with Gasteiger partial charge in [0.2, 0.25) is 5.91 Å². The van der Waals surface area contributed by atoms with Crippen molar-refractivity contribution < 1.29 is 19.1 Å².